The Labute approximate surface area is 115 Å². The van der Waals surface area contributed by atoms with Crippen molar-refractivity contribution in [2.75, 3.05) is 57.7 Å². The van der Waals surface area contributed by atoms with Crippen LogP contribution in [-0.4, -0.2) is 57.4 Å². The first-order valence-corrected chi connectivity index (χ1v) is 6.68. The Kier molecular flexibility index (Phi) is 7.84. The highest BCUT2D eigenvalue weighted by atomic mass is 16.5. The van der Waals surface area contributed by atoms with Crippen LogP contribution >= 0.6 is 0 Å². The van der Waals surface area contributed by atoms with Gasteiger partial charge in [0.2, 0.25) is 0 Å². The number of anilines is 2. The molecule has 0 aliphatic rings. The third-order valence-corrected chi connectivity index (χ3v) is 2.80. The summed E-state index contributed by atoms with van der Waals surface area (Å²) in [6.07, 6.45) is 3.66. The number of nitrogens with one attached hydrogen (secondary N) is 2. The van der Waals surface area contributed by atoms with Crippen molar-refractivity contribution in [1.82, 2.24) is 15.3 Å². The standard InChI is InChI=1S/C13H25N5O/c1-14-6-4-8-18(2)13-10-12(16-11-17-13)15-7-5-9-19-3/h10-11,14H,4-9H2,1-3H3,(H,15,16,17). The van der Waals surface area contributed by atoms with Crippen LogP contribution in [0.15, 0.2) is 12.4 Å². The number of hydrogen-bond donors (Lipinski definition) is 2. The van der Waals surface area contributed by atoms with Crippen LogP contribution in [0.1, 0.15) is 12.8 Å². The van der Waals surface area contributed by atoms with Crippen molar-refractivity contribution in [2.24, 2.45) is 0 Å². The summed E-state index contributed by atoms with van der Waals surface area (Å²) in [5, 5.41) is 6.41. The Morgan fingerprint density at radius 3 is 2.84 bits per heavy atom. The first kappa shape index (κ1) is 15.7. The topological polar surface area (TPSA) is 62.3 Å². The highest BCUT2D eigenvalue weighted by Gasteiger charge is 2.03. The van der Waals surface area contributed by atoms with E-state index in [1.807, 2.05) is 20.2 Å². The van der Waals surface area contributed by atoms with Gasteiger partial charge in [-0.1, -0.05) is 0 Å². The average molecular weight is 267 g/mol. The fourth-order valence-electron chi connectivity index (χ4n) is 1.69. The molecule has 6 heteroatoms. The van der Waals surface area contributed by atoms with Crippen LogP contribution in [0.3, 0.4) is 0 Å². The molecule has 0 bridgehead atoms. The van der Waals surface area contributed by atoms with E-state index in [0.29, 0.717) is 0 Å². The normalized spacial score (nSPS) is 10.5. The molecule has 6 nitrogen and oxygen atoms in total. The predicted molar refractivity (Wildman–Crippen MR) is 78.8 cm³/mol. The number of rotatable bonds is 10. The van der Waals surface area contributed by atoms with Gasteiger partial charge in [0.1, 0.15) is 18.0 Å². The van der Waals surface area contributed by atoms with Crippen molar-refractivity contribution in [3.05, 3.63) is 12.4 Å². The number of ether oxygens (including phenoxy) is 1. The Balaban J connectivity index is 2.41. The summed E-state index contributed by atoms with van der Waals surface area (Å²) < 4.78 is 5.01. The second kappa shape index (κ2) is 9.52. The van der Waals surface area contributed by atoms with Crippen LogP contribution in [0.25, 0.3) is 0 Å². The van der Waals surface area contributed by atoms with Crippen molar-refractivity contribution in [3.8, 4) is 0 Å². The Hall–Kier alpha value is -1.40. The first-order valence-electron chi connectivity index (χ1n) is 6.68. The highest BCUT2D eigenvalue weighted by molar-refractivity contribution is 5.47. The van der Waals surface area contributed by atoms with Gasteiger partial charge in [-0.2, -0.15) is 0 Å². The van der Waals surface area contributed by atoms with Crippen LogP contribution < -0.4 is 15.5 Å². The zero-order valence-corrected chi connectivity index (χ0v) is 12.1. The van der Waals surface area contributed by atoms with E-state index in [4.69, 9.17) is 4.74 Å². The molecule has 1 rings (SSSR count). The summed E-state index contributed by atoms with van der Waals surface area (Å²) >= 11 is 0. The largest absolute Gasteiger partial charge is 0.385 e. The van der Waals surface area contributed by atoms with Crippen molar-refractivity contribution in [3.63, 3.8) is 0 Å². The predicted octanol–water partition coefficient (Wildman–Crippen LogP) is 0.971. The lowest BCUT2D eigenvalue weighted by atomic mass is 10.3. The molecule has 1 aromatic heterocycles. The van der Waals surface area contributed by atoms with Gasteiger partial charge in [0.15, 0.2) is 0 Å². The van der Waals surface area contributed by atoms with Gasteiger partial charge in [-0.15, -0.1) is 0 Å². The molecule has 0 spiro atoms. The molecule has 0 amide bonds. The van der Waals surface area contributed by atoms with Crippen LogP contribution in [0.2, 0.25) is 0 Å². The van der Waals surface area contributed by atoms with Crippen LogP contribution in [0.5, 0.6) is 0 Å². The number of hydrogen-bond acceptors (Lipinski definition) is 6. The molecule has 0 aliphatic carbocycles. The molecule has 0 fully saturated rings. The van der Waals surface area contributed by atoms with Gasteiger partial charge in [-0.3, -0.25) is 0 Å². The molecular weight excluding hydrogens is 242 g/mol. The molecule has 0 atom stereocenters. The number of aromatic nitrogens is 2. The van der Waals surface area contributed by atoms with Crippen molar-refractivity contribution >= 4 is 11.6 Å². The van der Waals surface area contributed by atoms with Gasteiger partial charge in [0.05, 0.1) is 0 Å². The molecule has 0 saturated heterocycles. The molecule has 0 aliphatic heterocycles. The smallest absolute Gasteiger partial charge is 0.133 e. The summed E-state index contributed by atoms with van der Waals surface area (Å²) in [5.41, 5.74) is 0. The van der Waals surface area contributed by atoms with Crippen molar-refractivity contribution in [2.45, 2.75) is 12.8 Å². The second-order valence-corrected chi connectivity index (χ2v) is 4.41. The summed E-state index contributed by atoms with van der Waals surface area (Å²) in [6.45, 7) is 3.60. The first-order chi connectivity index (χ1) is 9.27. The zero-order chi connectivity index (χ0) is 13.9. The minimum atomic E-state index is 0.759. The lowest BCUT2D eigenvalue weighted by molar-refractivity contribution is 0.198. The van der Waals surface area contributed by atoms with E-state index in [9.17, 15) is 0 Å². The Morgan fingerprint density at radius 2 is 2.11 bits per heavy atom. The van der Waals surface area contributed by atoms with E-state index < -0.39 is 0 Å². The van der Waals surface area contributed by atoms with Gasteiger partial charge in [-0.25, -0.2) is 9.97 Å². The Bertz CT molecular complexity index is 348. The molecule has 19 heavy (non-hydrogen) atoms. The third kappa shape index (κ3) is 6.35. The van der Waals surface area contributed by atoms with E-state index in [1.54, 1.807) is 13.4 Å². The highest BCUT2D eigenvalue weighted by Crippen LogP contribution is 2.12. The Morgan fingerprint density at radius 1 is 1.26 bits per heavy atom. The number of nitrogens with zero attached hydrogens (tertiary/aromatic N) is 3. The zero-order valence-electron chi connectivity index (χ0n) is 12.1. The van der Waals surface area contributed by atoms with E-state index in [0.717, 1.165) is 50.7 Å². The van der Waals surface area contributed by atoms with Gasteiger partial charge in [0, 0.05) is 39.9 Å². The maximum atomic E-state index is 5.01. The summed E-state index contributed by atoms with van der Waals surface area (Å²) in [6, 6.07) is 1.98. The minimum absolute atomic E-state index is 0.759. The molecule has 108 valence electrons. The average Bonchev–Trinajstić information content (AvgIpc) is 2.44. The fourth-order valence-corrected chi connectivity index (χ4v) is 1.69. The SMILES string of the molecule is CNCCCN(C)c1cc(NCCCOC)ncn1. The van der Waals surface area contributed by atoms with E-state index in [-0.39, 0.29) is 0 Å². The van der Waals surface area contributed by atoms with Crippen LogP contribution in [-0.2, 0) is 4.74 Å². The van der Waals surface area contributed by atoms with Crippen molar-refractivity contribution in [1.29, 1.82) is 0 Å². The number of methoxy groups -OCH3 is 1. The molecule has 0 aromatic carbocycles. The third-order valence-electron chi connectivity index (χ3n) is 2.80. The molecule has 1 aromatic rings. The van der Waals surface area contributed by atoms with Gasteiger partial charge < -0.3 is 20.3 Å². The van der Waals surface area contributed by atoms with Gasteiger partial charge in [0.25, 0.3) is 0 Å². The lowest BCUT2D eigenvalue weighted by Gasteiger charge is -2.18. The fraction of sp³-hybridized carbons (Fsp3) is 0.692. The second-order valence-electron chi connectivity index (χ2n) is 4.41. The maximum Gasteiger partial charge on any atom is 0.133 e. The molecular formula is C13H25N5O. The summed E-state index contributed by atoms with van der Waals surface area (Å²) in [7, 11) is 5.72. The monoisotopic (exact) mass is 267 g/mol. The van der Waals surface area contributed by atoms with E-state index in [2.05, 4.69) is 25.5 Å². The van der Waals surface area contributed by atoms with E-state index in [1.165, 1.54) is 0 Å². The van der Waals surface area contributed by atoms with Crippen LogP contribution in [0, 0.1) is 0 Å². The van der Waals surface area contributed by atoms with Gasteiger partial charge >= 0.3 is 0 Å². The quantitative estimate of drug-likeness (QED) is 0.616. The molecule has 1 heterocycles. The summed E-state index contributed by atoms with van der Waals surface area (Å²) in [4.78, 5) is 10.6. The molecule has 2 N–H and O–H groups in total. The van der Waals surface area contributed by atoms with E-state index >= 15 is 0 Å². The van der Waals surface area contributed by atoms with Gasteiger partial charge in [-0.05, 0) is 26.4 Å². The molecule has 0 saturated carbocycles. The molecule has 0 radical (unpaired) electrons. The molecule has 0 unspecified atom stereocenters. The minimum Gasteiger partial charge on any atom is -0.385 e. The maximum absolute atomic E-state index is 5.01. The van der Waals surface area contributed by atoms with Crippen LogP contribution in [0.4, 0.5) is 11.6 Å². The van der Waals surface area contributed by atoms with Crippen molar-refractivity contribution < 1.29 is 4.74 Å². The summed E-state index contributed by atoms with van der Waals surface area (Å²) in [5.74, 6) is 1.81. The lowest BCUT2D eigenvalue weighted by Crippen LogP contribution is -2.23.